The molecule has 17 heavy (non-hydrogen) atoms. The summed E-state index contributed by atoms with van der Waals surface area (Å²) in [6.45, 7) is 1.47. The zero-order chi connectivity index (χ0) is 12.1. The third kappa shape index (κ3) is 3.10. The van der Waals surface area contributed by atoms with Crippen molar-refractivity contribution in [3.63, 3.8) is 0 Å². The first kappa shape index (κ1) is 11.7. The van der Waals surface area contributed by atoms with Gasteiger partial charge in [0.1, 0.15) is 5.75 Å². The number of hydrogen-bond donors (Lipinski definition) is 3. The van der Waals surface area contributed by atoms with Gasteiger partial charge in [0.25, 0.3) is 0 Å². The van der Waals surface area contributed by atoms with Crippen LogP contribution in [0.2, 0.25) is 0 Å². The largest absolute Gasteiger partial charge is 0.497 e. The topological polar surface area (TPSA) is 71.7 Å². The molecule has 1 atom stereocenters. The summed E-state index contributed by atoms with van der Waals surface area (Å²) < 4.78 is 5.10. The number of anilines is 1. The average molecular weight is 234 g/mol. The Morgan fingerprint density at radius 2 is 2.24 bits per heavy atom. The van der Waals surface area contributed by atoms with E-state index in [0.29, 0.717) is 12.6 Å². The Bertz CT molecular complexity index is 388. The summed E-state index contributed by atoms with van der Waals surface area (Å²) in [5, 5.41) is 6.52. The Hall–Kier alpha value is -1.75. The zero-order valence-electron chi connectivity index (χ0n) is 9.94. The lowest BCUT2D eigenvalue weighted by molar-refractivity contribution is 0.415. The molecule has 92 valence electrons. The van der Waals surface area contributed by atoms with Crippen molar-refractivity contribution in [1.82, 2.24) is 5.32 Å². The Labute approximate surface area is 101 Å². The molecule has 0 amide bonds. The summed E-state index contributed by atoms with van der Waals surface area (Å²) in [6, 6.07) is 8.10. The smallest absolute Gasteiger partial charge is 0.196 e. The monoisotopic (exact) mass is 234 g/mol. The van der Waals surface area contributed by atoms with Crippen molar-refractivity contribution in [3.8, 4) is 5.75 Å². The molecule has 0 aliphatic carbocycles. The summed E-state index contributed by atoms with van der Waals surface area (Å²) in [4.78, 5) is 4.38. The van der Waals surface area contributed by atoms with Gasteiger partial charge >= 0.3 is 0 Å². The van der Waals surface area contributed by atoms with E-state index in [-0.39, 0.29) is 0 Å². The zero-order valence-corrected chi connectivity index (χ0v) is 9.94. The lowest BCUT2D eigenvalue weighted by atomic mass is 10.2. The van der Waals surface area contributed by atoms with Crippen molar-refractivity contribution in [3.05, 3.63) is 24.3 Å². The quantitative estimate of drug-likeness (QED) is 0.720. The molecule has 0 saturated heterocycles. The van der Waals surface area contributed by atoms with Crippen LogP contribution < -0.4 is 21.1 Å². The van der Waals surface area contributed by atoms with E-state index < -0.39 is 0 Å². The molecule has 0 fully saturated rings. The number of nitrogens with two attached hydrogens (primary N) is 1. The minimum Gasteiger partial charge on any atom is -0.497 e. The highest BCUT2D eigenvalue weighted by Crippen LogP contribution is 2.15. The van der Waals surface area contributed by atoms with Gasteiger partial charge in [0.15, 0.2) is 5.96 Å². The summed E-state index contributed by atoms with van der Waals surface area (Å²) in [5.41, 5.74) is 6.50. The number of ether oxygens (including phenoxy) is 1. The van der Waals surface area contributed by atoms with Gasteiger partial charge in [-0.1, -0.05) is 0 Å². The number of aliphatic imine (C=N–C) groups is 1. The maximum absolute atomic E-state index is 5.51. The number of guanidine groups is 1. The van der Waals surface area contributed by atoms with Crippen molar-refractivity contribution in [1.29, 1.82) is 0 Å². The van der Waals surface area contributed by atoms with Crippen LogP contribution in [0.4, 0.5) is 5.69 Å². The van der Waals surface area contributed by atoms with E-state index in [1.54, 1.807) is 7.11 Å². The van der Waals surface area contributed by atoms with E-state index >= 15 is 0 Å². The van der Waals surface area contributed by atoms with Gasteiger partial charge in [-0.05, 0) is 37.2 Å². The van der Waals surface area contributed by atoms with Crippen LogP contribution in [0.1, 0.15) is 6.42 Å². The molecule has 1 aliphatic rings. The molecule has 0 aromatic heterocycles. The molecular formula is C12H18N4O. The van der Waals surface area contributed by atoms with E-state index in [2.05, 4.69) is 15.6 Å². The Morgan fingerprint density at radius 1 is 1.47 bits per heavy atom. The molecule has 0 saturated carbocycles. The third-order valence-electron chi connectivity index (χ3n) is 2.68. The Morgan fingerprint density at radius 3 is 2.88 bits per heavy atom. The second kappa shape index (κ2) is 5.54. The van der Waals surface area contributed by atoms with Crippen molar-refractivity contribution in [2.24, 2.45) is 10.7 Å². The summed E-state index contributed by atoms with van der Waals surface area (Å²) in [7, 11) is 1.66. The first-order valence-electron chi connectivity index (χ1n) is 5.74. The van der Waals surface area contributed by atoms with E-state index in [4.69, 9.17) is 10.5 Å². The standard InChI is InChI=1S/C12H18N4O/c1-17-11-4-2-9(3-5-11)15-12-14-8-10(16-12)6-7-13/h2-5,10H,6-8,13H2,1H3,(H2,14,15,16)/t10-/m0/s1. The molecule has 1 aromatic carbocycles. The van der Waals surface area contributed by atoms with Crippen LogP contribution >= 0.6 is 0 Å². The predicted molar refractivity (Wildman–Crippen MR) is 69.5 cm³/mol. The van der Waals surface area contributed by atoms with Crippen molar-refractivity contribution < 1.29 is 4.74 Å². The first-order chi connectivity index (χ1) is 8.31. The second-order valence-electron chi connectivity index (χ2n) is 3.96. The maximum atomic E-state index is 5.51. The van der Waals surface area contributed by atoms with Crippen molar-refractivity contribution in [2.75, 3.05) is 25.5 Å². The minimum atomic E-state index is 0.362. The van der Waals surface area contributed by atoms with Crippen LogP contribution in [0.3, 0.4) is 0 Å². The van der Waals surface area contributed by atoms with E-state index in [1.165, 1.54) is 0 Å². The lowest BCUT2D eigenvalue weighted by Crippen LogP contribution is -2.35. The molecule has 5 nitrogen and oxygen atoms in total. The van der Waals surface area contributed by atoms with Crippen LogP contribution in [-0.4, -0.2) is 32.2 Å². The van der Waals surface area contributed by atoms with Crippen molar-refractivity contribution in [2.45, 2.75) is 12.5 Å². The third-order valence-corrected chi connectivity index (χ3v) is 2.68. The molecule has 0 spiro atoms. The molecular weight excluding hydrogens is 216 g/mol. The summed E-state index contributed by atoms with van der Waals surface area (Å²) in [6.07, 6.45) is 0.942. The SMILES string of the molecule is COc1ccc(NC2=NC[C@H](CCN)N2)cc1. The predicted octanol–water partition coefficient (Wildman–Crippen LogP) is 0.784. The van der Waals surface area contributed by atoms with Gasteiger partial charge in [0.2, 0.25) is 0 Å². The van der Waals surface area contributed by atoms with Gasteiger partial charge in [-0.15, -0.1) is 0 Å². The Balaban J connectivity index is 1.89. The first-order valence-corrected chi connectivity index (χ1v) is 5.74. The molecule has 0 bridgehead atoms. The normalized spacial score (nSPS) is 18.5. The van der Waals surface area contributed by atoms with Gasteiger partial charge in [-0.25, -0.2) is 0 Å². The van der Waals surface area contributed by atoms with Gasteiger partial charge < -0.3 is 21.1 Å². The van der Waals surface area contributed by atoms with Gasteiger partial charge in [-0.2, -0.15) is 0 Å². The second-order valence-corrected chi connectivity index (χ2v) is 3.96. The summed E-state index contributed by atoms with van der Waals surface area (Å²) in [5.74, 6) is 1.66. The molecule has 2 rings (SSSR count). The maximum Gasteiger partial charge on any atom is 0.196 e. The summed E-state index contributed by atoms with van der Waals surface area (Å²) >= 11 is 0. The number of rotatable bonds is 4. The van der Waals surface area contributed by atoms with Gasteiger partial charge in [0, 0.05) is 11.7 Å². The van der Waals surface area contributed by atoms with Crippen molar-refractivity contribution >= 4 is 11.6 Å². The highest BCUT2D eigenvalue weighted by Gasteiger charge is 2.16. The fourth-order valence-corrected chi connectivity index (χ4v) is 1.74. The Kier molecular flexibility index (Phi) is 3.82. The molecule has 0 radical (unpaired) electrons. The number of nitrogens with zero attached hydrogens (tertiary/aromatic N) is 1. The molecule has 1 aromatic rings. The lowest BCUT2D eigenvalue weighted by Gasteiger charge is -2.11. The molecule has 0 unspecified atom stereocenters. The molecule has 5 heteroatoms. The number of nitrogens with one attached hydrogen (secondary N) is 2. The fourth-order valence-electron chi connectivity index (χ4n) is 1.74. The van der Waals surface area contributed by atoms with Crippen LogP contribution in [0.5, 0.6) is 5.75 Å². The van der Waals surface area contributed by atoms with Gasteiger partial charge in [-0.3, -0.25) is 4.99 Å². The molecule has 4 N–H and O–H groups in total. The van der Waals surface area contributed by atoms with Crippen LogP contribution in [-0.2, 0) is 0 Å². The molecule has 1 aliphatic heterocycles. The number of benzene rings is 1. The van der Waals surface area contributed by atoms with Gasteiger partial charge in [0.05, 0.1) is 13.7 Å². The fraction of sp³-hybridized carbons (Fsp3) is 0.417. The average Bonchev–Trinajstić information content (AvgIpc) is 2.78. The van der Waals surface area contributed by atoms with E-state index in [9.17, 15) is 0 Å². The van der Waals surface area contributed by atoms with Crippen LogP contribution in [0.25, 0.3) is 0 Å². The number of methoxy groups -OCH3 is 1. The highest BCUT2D eigenvalue weighted by molar-refractivity contribution is 5.94. The molecule has 1 heterocycles. The highest BCUT2D eigenvalue weighted by atomic mass is 16.5. The van der Waals surface area contributed by atoms with Crippen LogP contribution in [0.15, 0.2) is 29.3 Å². The minimum absolute atomic E-state index is 0.362. The van der Waals surface area contributed by atoms with Crippen LogP contribution in [0, 0.1) is 0 Å². The van der Waals surface area contributed by atoms with E-state index in [0.717, 1.165) is 30.4 Å². The van der Waals surface area contributed by atoms with E-state index in [1.807, 2.05) is 24.3 Å². The number of hydrogen-bond acceptors (Lipinski definition) is 5.